The van der Waals surface area contributed by atoms with Crippen LogP contribution in [-0.4, -0.2) is 29.7 Å². The van der Waals surface area contributed by atoms with Crippen molar-refractivity contribution < 1.29 is 14.6 Å². The molecular weight excluding hydrogens is 244 g/mol. The zero-order valence-electron chi connectivity index (χ0n) is 10.9. The fraction of sp³-hybridized carbons (Fsp3) is 0.286. The highest BCUT2D eigenvalue weighted by Gasteiger charge is 2.16. The highest BCUT2D eigenvalue weighted by molar-refractivity contribution is 6.05. The number of carboxylic acid groups (broad SMARTS) is 1. The fourth-order valence-electron chi connectivity index (χ4n) is 2.15. The number of nitrogens with zero attached hydrogens (tertiary/aromatic N) is 1. The molecule has 1 aromatic carbocycles. The second-order valence-electron chi connectivity index (χ2n) is 4.31. The average molecular weight is 260 g/mol. The average Bonchev–Trinajstić information content (AvgIpc) is 2.38. The second kappa shape index (κ2) is 5.24. The summed E-state index contributed by atoms with van der Waals surface area (Å²) in [6, 6.07) is 5.21. The summed E-state index contributed by atoms with van der Waals surface area (Å²) in [6.45, 7) is 2.28. The van der Waals surface area contributed by atoms with Gasteiger partial charge in [0, 0.05) is 17.5 Å². The summed E-state index contributed by atoms with van der Waals surface area (Å²) in [6.07, 6.45) is 0.535. The minimum Gasteiger partial charge on any atom is -0.494 e. The van der Waals surface area contributed by atoms with Gasteiger partial charge < -0.3 is 15.6 Å². The Kier molecular flexibility index (Phi) is 3.66. The van der Waals surface area contributed by atoms with Crippen molar-refractivity contribution in [3.8, 4) is 5.75 Å². The number of aromatic nitrogens is 1. The molecule has 0 bridgehead atoms. The van der Waals surface area contributed by atoms with Crippen LogP contribution in [0.1, 0.15) is 21.6 Å². The van der Waals surface area contributed by atoms with Crippen molar-refractivity contribution in [1.29, 1.82) is 0 Å². The van der Waals surface area contributed by atoms with Crippen molar-refractivity contribution in [2.24, 2.45) is 5.73 Å². The summed E-state index contributed by atoms with van der Waals surface area (Å²) in [5.41, 5.74) is 7.85. The molecule has 1 heterocycles. The van der Waals surface area contributed by atoms with E-state index in [4.69, 9.17) is 10.5 Å². The van der Waals surface area contributed by atoms with Crippen LogP contribution in [0.5, 0.6) is 5.75 Å². The first-order valence-electron chi connectivity index (χ1n) is 5.99. The third kappa shape index (κ3) is 2.37. The van der Waals surface area contributed by atoms with Crippen molar-refractivity contribution in [1.82, 2.24) is 4.98 Å². The van der Waals surface area contributed by atoms with Crippen LogP contribution in [0, 0.1) is 6.92 Å². The molecule has 0 unspecified atom stereocenters. The van der Waals surface area contributed by atoms with E-state index < -0.39 is 5.97 Å². The van der Waals surface area contributed by atoms with Gasteiger partial charge in [0.2, 0.25) is 0 Å². The van der Waals surface area contributed by atoms with E-state index >= 15 is 0 Å². The number of aromatic carboxylic acids is 1. The Balaban J connectivity index is 2.85. The minimum atomic E-state index is -0.970. The number of hydrogen-bond donors (Lipinski definition) is 2. The highest BCUT2D eigenvalue weighted by atomic mass is 16.5. The molecule has 5 nitrogen and oxygen atoms in total. The number of rotatable bonds is 4. The summed E-state index contributed by atoms with van der Waals surface area (Å²) < 4.78 is 5.26. The van der Waals surface area contributed by atoms with Crippen LogP contribution in [0.4, 0.5) is 0 Å². The number of fused-ring (bicyclic) bond motifs is 1. The predicted octanol–water partition coefficient (Wildman–Crippen LogP) is 1.75. The smallest absolute Gasteiger partial charge is 0.336 e. The van der Waals surface area contributed by atoms with Gasteiger partial charge in [0.05, 0.1) is 12.7 Å². The Bertz CT molecular complexity index is 638. The summed E-state index contributed by atoms with van der Waals surface area (Å²) >= 11 is 0. The Morgan fingerprint density at radius 2 is 2.21 bits per heavy atom. The number of benzene rings is 1. The first-order valence-corrected chi connectivity index (χ1v) is 5.99. The first kappa shape index (κ1) is 13.3. The van der Waals surface area contributed by atoms with Crippen molar-refractivity contribution in [2.75, 3.05) is 13.7 Å². The molecule has 2 aromatic rings. The van der Waals surface area contributed by atoms with E-state index in [0.29, 0.717) is 35.3 Å². The van der Waals surface area contributed by atoms with Crippen LogP contribution in [0.25, 0.3) is 10.9 Å². The molecule has 0 saturated heterocycles. The molecule has 0 aliphatic carbocycles. The standard InChI is InChI=1S/C14H16N2O3/c1-8-3-4-11(19-2)13-12(8)10(14(17)18)7-9(16-13)5-6-15/h3-4,7H,5-6,15H2,1-2H3,(H,17,18). The van der Waals surface area contributed by atoms with E-state index in [1.165, 1.54) is 0 Å². The summed E-state index contributed by atoms with van der Waals surface area (Å²) in [4.78, 5) is 15.9. The summed E-state index contributed by atoms with van der Waals surface area (Å²) in [7, 11) is 1.54. The van der Waals surface area contributed by atoms with Crippen LogP contribution in [0.15, 0.2) is 18.2 Å². The van der Waals surface area contributed by atoms with Crippen LogP contribution < -0.4 is 10.5 Å². The summed E-state index contributed by atoms with van der Waals surface area (Å²) in [5, 5.41) is 9.98. The van der Waals surface area contributed by atoms with Gasteiger partial charge in [-0.2, -0.15) is 0 Å². The number of nitrogens with two attached hydrogens (primary N) is 1. The molecule has 0 amide bonds. The molecule has 100 valence electrons. The molecule has 0 atom stereocenters. The highest BCUT2D eigenvalue weighted by Crippen LogP contribution is 2.30. The number of ether oxygens (including phenoxy) is 1. The summed E-state index contributed by atoms with van der Waals surface area (Å²) in [5.74, 6) is -0.399. The molecule has 0 spiro atoms. The van der Waals surface area contributed by atoms with Crippen molar-refractivity contribution in [3.05, 3.63) is 35.0 Å². The predicted molar refractivity (Wildman–Crippen MR) is 72.7 cm³/mol. The fourth-order valence-corrected chi connectivity index (χ4v) is 2.15. The van der Waals surface area contributed by atoms with Crippen molar-refractivity contribution in [3.63, 3.8) is 0 Å². The van der Waals surface area contributed by atoms with Gasteiger partial charge in [0.25, 0.3) is 0 Å². The third-order valence-corrected chi connectivity index (χ3v) is 3.04. The SMILES string of the molecule is COc1ccc(C)c2c(C(=O)O)cc(CCN)nc12. The van der Waals surface area contributed by atoms with Crippen LogP contribution >= 0.6 is 0 Å². The first-order chi connectivity index (χ1) is 9.08. The van der Waals surface area contributed by atoms with E-state index in [0.717, 1.165) is 5.56 Å². The van der Waals surface area contributed by atoms with Gasteiger partial charge in [-0.3, -0.25) is 0 Å². The number of carboxylic acids is 1. The van der Waals surface area contributed by atoms with E-state index in [-0.39, 0.29) is 5.56 Å². The number of aryl methyl sites for hydroxylation is 1. The number of pyridine rings is 1. The van der Waals surface area contributed by atoms with Gasteiger partial charge in [-0.1, -0.05) is 6.07 Å². The van der Waals surface area contributed by atoms with Crippen molar-refractivity contribution >= 4 is 16.9 Å². The Morgan fingerprint density at radius 1 is 1.47 bits per heavy atom. The molecule has 0 fully saturated rings. The lowest BCUT2D eigenvalue weighted by Crippen LogP contribution is -2.08. The van der Waals surface area contributed by atoms with Crippen LogP contribution in [0.2, 0.25) is 0 Å². The topological polar surface area (TPSA) is 85.4 Å². The van der Waals surface area contributed by atoms with Crippen molar-refractivity contribution in [2.45, 2.75) is 13.3 Å². The van der Waals surface area contributed by atoms with Gasteiger partial charge in [0.1, 0.15) is 11.3 Å². The van der Waals surface area contributed by atoms with Gasteiger partial charge in [0.15, 0.2) is 0 Å². The Labute approximate surface area is 111 Å². The molecule has 2 rings (SSSR count). The largest absolute Gasteiger partial charge is 0.494 e. The molecule has 3 N–H and O–H groups in total. The minimum absolute atomic E-state index is 0.241. The second-order valence-corrected chi connectivity index (χ2v) is 4.31. The number of carbonyl (C=O) groups is 1. The van der Waals surface area contributed by atoms with Gasteiger partial charge >= 0.3 is 5.97 Å². The normalized spacial score (nSPS) is 10.7. The molecular formula is C14H16N2O3. The maximum atomic E-state index is 11.4. The van der Waals surface area contributed by atoms with Gasteiger partial charge in [-0.05, 0) is 31.2 Å². The van der Waals surface area contributed by atoms with Crippen LogP contribution in [0.3, 0.4) is 0 Å². The molecule has 0 saturated carbocycles. The third-order valence-electron chi connectivity index (χ3n) is 3.04. The maximum absolute atomic E-state index is 11.4. The molecule has 0 aliphatic heterocycles. The van der Waals surface area contributed by atoms with Gasteiger partial charge in [-0.25, -0.2) is 9.78 Å². The van der Waals surface area contributed by atoms with E-state index in [1.807, 2.05) is 13.0 Å². The molecule has 19 heavy (non-hydrogen) atoms. The zero-order valence-corrected chi connectivity index (χ0v) is 10.9. The monoisotopic (exact) mass is 260 g/mol. The van der Waals surface area contributed by atoms with E-state index in [9.17, 15) is 9.90 Å². The lowest BCUT2D eigenvalue weighted by molar-refractivity contribution is 0.0698. The molecule has 5 heteroatoms. The maximum Gasteiger partial charge on any atom is 0.336 e. The molecule has 0 aliphatic rings. The molecule has 0 radical (unpaired) electrons. The lowest BCUT2D eigenvalue weighted by atomic mass is 10.0. The lowest BCUT2D eigenvalue weighted by Gasteiger charge is -2.11. The zero-order chi connectivity index (χ0) is 14.0. The van der Waals surface area contributed by atoms with Gasteiger partial charge in [-0.15, -0.1) is 0 Å². The Morgan fingerprint density at radius 3 is 2.79 bits per heavy atom. The Hall–Kier alpha value is -2.14. The number of hydrogen-bond acceptors (Lipinski definition) is 4. The number of methoxy groups -OCH3 is 1. The molecule has 1 aromatic heterocycles. The van der Waals surface area contributed by atoms with E-state index in [1.54, 1.807) is 19.2 Å². The quantitative estimate of drug-likeness (QED) is 0.874. The van der Waals surface area contributed by atoms with E-state index in [2.05, 4.69) is 4.98 Å². The van der Waals surface area contributed by atoms with Crippen LogP contribution in [-0.2, 0) is 6.42 Å².